The number of nitrogens with zero attached hydrogens (tertiary/aromatic N) is 3. The SMILES string of the molecule is Cc1ccc(C(C)C)c(OCC(=O)N2CCN(c3cccc(F)c3C#N)CC2)c1. The first-order valence-electron chi connectivity index (χ1n) is 9.85. The number of piperazine rings is 1. The lowest BCUT2D eigenvalue weighted by molar-refractivity contribution is -0.133. The van der Waals surface area contributed by atoms with E-state index in [-0.39, 0.29) is 18.1 Å². The molecule has 1 heterocycles. The molecule has 2 aromatic rings. The standard InChI is InChI=1S/C23H26FN3O2/c1-16(2)18-8-7-17(3)13-22(18)29-15-23(28)27-11-9-26(10-12-27)21-6-4-5-20(24)19(21)14-25/h4-8,13,16H,9-12,15H2,1-3H3. The second-order valence-electron chi connectivity index (χ2n) is 7.60. The Morgan fingerprint density at radius 3 is 2.59 bits per heavy atom. The van der Waals surface area contributed by atoms with Crippen molar-refractivity contribution in [2.75, 3.05) is 37.7 Å². The van der Waals surface area contributed by atoms with E-state index in [9.17, 15) is 14.4 Å². The van der Waals surface area contributed by atoms with Gasteiger partial charge in [0.1, 0.15) is 23.2 Å². The summed E-state index contributed by atoms with van der Waals surface area (Å²) in [5.74, 6) is 0.479. The lowest BCUT2D eigenvalue weighted by Gasteiger charge is -2.36. The number of halogens is 1. The van der Waals surface area contributed by atoms with E-state index in [1.54, 1.807) is 17.0 Å². The molecule has 29 heavy (non-hydrogen) atoms. The molecule has 1 aliphatic rings. The topological polar surface area (TPSA) is 56.6 Å². The fourth-order valence-electron chi connectivity index (χ4n) is 3.56. The van der Waals surface area contributed by atoms with Crippen molar-refractivity contribution in [2.24, 2.45) is 0 Å². The molecule has 1 aliphatic heterocycles. The summed E-state index contributed by atoms with van der Waals surface area (Å²) >= 11 is 0. The molecule has 1 saturated heterocycles. The summed E-state index contributed by atoms with van der Waals surface area (Å²) in [6, 6.07) is 12.6. The minimum absolute atomic E-state index is 0.00736. The Kier molecular flexibility index (Phi) is 6.38. The van der Waals surface area contributed by atoms with Gasteiger partial charge in [-0.3, -0.25) is 4.79 Å². The van der Waals surface area contributed by atoms with Crippen LogP contribution in [0.3, 0.4) is 0 Å². The van der Waals surface area contributed by atoms with Gasteiger partial charge in [-0.25, -0.2) is 4.39 Å². The van der Waals surface area contributed by atoms with Crippen LogP contribution in [0, 0.1) is 24.1 Å². The van der Waals surface area contributed by atoms with Gasteiger partial charge in [0.15, 0.2) is 6.61 Å². The van der Waals surface area contributed by atoms with Crippen LogP contribution < -0.4 is 9.64 Å². The van der Waals surface area contributed by atoms with E-state index in [4.69, 9.17) is 4.74 Å². The molecule has 6 heteroatoms. The van der Waals surface area contributed by atoms with Gasteiger partial charge in [0.2, 0.25) is 0 Å². The highest BCUT2D eigenvalue weighted by Gasteiger charge is 2.24. The Balaban J connectivity index is 1.60. The van der Waals surface area contributed by atoms with Crippen molar-refractivity contribution in [3.63, 3.8) is 0 Å². The van der Waals surface area contributed by atoms with Gasteiger partial charge in [-0.15, -0.1) is 0 Å². The third kappa shape index (κ3) is 4.68. The third-order valence-electron chi connectivity index (χ3n) is 5.22. The first kappa shape index (κ1) is 20.7. The van der Waals surface area contributed by atoms with E-state index in [2.05, 4.69) is 13.8 Å². The summed E-state index contributed by atoms with van der Waals surface area (Å²) in [6.45, 7) is 8.30. The van der Waals surface area contributed by atoms with Gasteiger partial charge >= 0.3 is 0 Å². The minimum atomic E-state index is -0.518. The van der Waals surface area contributed by atoms with Gasteiger partial charge in [0.25, 0.3) is 5.91 Å². The maximum absolute atomic E-state index is 13.9. The normalized spacial score (nSPS) is 14.1. The Bertz CT molecular complexity index is 928. The number of hydrogen-bond donors (Lipinski definition) is 0. The number of carbonyl (C=O) groups excluding carboxylic acids is 1. The molecule has 0 bridgehead atoms. The van der Waals surface area contributed by atoms with Crippen molar-refractivity contribution < 1.29 is 13.9 Å². The van der Waals surface area contributed by atoms with E-state index in [1.165, 1.54) is 6.07 Å². The van der Waals surface area contributed by atoms with Crippen molar-refractivity contribution in [3.05, 3.63) is 58.9 Å². The van der Waals surface area contributed by atoms with E-state index < -0.39 is 5.82 Å². The Hall–Kier alpha value is -3.07. The van der Waals surface area contributed by atoms with E-state index in [0.29, 0.717) is 37.8 Å². The average Bonchev–Trinajstić information content (AvgIpc) is 2.71. The van der Waals surface area contributed by atoms with Crippen LogP contribution in [0.1, 0.15) is 36.5 Å². The molecule has 3 rings (SSSR count). The predicted octanol–water partition coefficient (Wildman–Crippen LogP) is 3.86. The maximum atomic E-state index is 13.9. The van der Waals surface area contributed by atoms with Crippen molar-refractivity contribution >= 4 is 11.6 Å². The summed E-state index contributed by atoms with van der Waals surface area (Å²) in [7, 11) is 0. The maximum Gasteiger partial charge on any atom is 0.260 e. The van der Waals surface area contributed by atoms with Crippen LogP contribution in [0.25, 0.3) is 0 Å². The number of amides is 1. The zero-order chi connectivity index (χ0) is 21.0. The predicted molar refractivity (Wildman–Crippen MR) is 111 cm³/mol. The van der Waals surface area contributed by atoms with Gasteiger partial charge in [0, 0.05) is 26.2 Å². The molecular weight excluding hydrogens is 369 g/mol. The summed E-state index contributed by atoms with van der Waals surface area (Å²) in [5, 5.41) is 9.23. The summed E-state index contributed by atoms with van der Waals surface area (Å²) < 4.78 is 19.7. The molecule has 0 unspecified atom stereocenters. The summed E-state index contributed by atoms with van der Waals surface area (Å²) in [5.41, 5.74) is 2.81. The number of aryl methyl sites for hydroxylation is 1. The van der Waals surface area contributed by atoms with Gasteiger partial charge in [0.05, 0.1) is 5.69 Å². The fourth-order valence-corrected chi connectivity index (χ4v) is 3.56. The zero-order valence-electron chi connectivity index (χ0n) is 17.1. The highest BCUT2D eigenvalue weighted by atomic mass is 19.1. The van der Waals surface area contributed by atoms with E-state index in [1.807, 2.05) is 36.1 Å². The van der Waals surface area contributed by atoms with Crippen molar-refractivity contribution in [1.82, 2.24) is 4.90 Å². The van der Waals surface area contributed by atoms with Crippen molar-refractivity contribution in [2.45, 2.75) is 26.7 Å². The molecule has 0 atom stereocenters. The number of ether oxygens (including phenoxy) is 1. The van der Waals surface area contributed by atoms with Gasteiger partial charge in [-0.2, -0.15) is 5.26 Å². The fraction of sp³-hybridized carbons (Fsp3) is 0.391. The molecule has 0 radical (unpaired) electrons. The first-order valence-corrected chi connectivity index (χ1v) is 9.85. The Morgan fingerprint density at radius 2 is 1.93 bits per heavy atom. The third-order valence-corrected chi connectivity index (χ3v) is 5.22. The van der Waals surface area contributed by atoms with Crippen LogP contribution in [0.5, 0.6) is 5.75 Å². The second-order valence-corrected chi connectivity index (χ2v) is 7.60. The van der Waals surface area contributed by atoms with Gasteiger partial charge in [-0.1, -0.05) is 32.0 Å². The molecule has 0 aliphatic carbocycles. The number of anilines is 1. The molecular formula is C23H26FN3O2. The van der Waals surface area contributed by atoms with Crippen molar-refractivity contribution in [3.8, 4) is 11.8 Å². The molecule has 152 valence electrons. The molecule has 2 aromatic carbocycles. The summed E-state index contributed by atoms with van der Waals surface area (Å²) in [4.78, 5) is 16.3. The van der Waals surface area contributed by atoms with Crippen LogP contribution in [-0.2, 0) is 4.79 Å². The van der Waals surface area contributed by atoms with Gasteiger partial charge < -0.3 is 14.5 Å². The number of nitriles is 1. The monoisotopic (exact) mass is 395 g/mol. The molecule has 1 amide bonds. The summed E-state index contributed by atoms with van der Waals surface area (Å²) in [6.07, 6.45) is 0. The molecule has 0 spiro atoms. The van der Waals surface area contributed by atoms with Crippen LogP contribution >= 0.6 is 0 Å². The highest BCUT2D eigenvalue weighted by Crippen LogP contribution is 2.28. The Morgan fingerprint density at radius 1 is 1.21 bits per heavy atom. The van der Waals surface area contributed by atoms with E-state index >= 15 is 0 Å². The second kappa shape index (κ2) is 8.95. The minimum Gasteiger partial charge on any atom is -0.483 e. The number of hydrogen-bond acceptors (Lipinski definition) is 4. The van der Waals surface area contributed by atoms with E-state index in [0.717, 1.165) is 16.9 Å². The quantitative estimate of drug-likeness (QED) is 0.772. The van der Waals surface area contributed by atoms with Crippen LogP contribution in [0.2, 0.25) is 0 Å². The lowest BCUT2D eigenvalue weighted by Crippen LogP contribution is -2.50. The molecule has 0 N–H and O–H groups in total. The highest BCUT2D eigenvalue weighted by molar-refractivity contribution is 5.78. The average molecular weight is 395 g/mol. The van der Waals surface area contributed by atoms with Crippen molar-refractivity contribution in [1.29, 1.82) is 5.26 Å². The smallest absolute Gasteiger partial charge is 0.260 e. The number of benzene rings is 2. The van der Waals surface area contributed by atoms with Crippen LogP contribution in [-0.4, -0.2) is 43.6 Å². The van der Waals surface area contributed by atoms with Gasteiger partial charge in [-0.05, 0) is 42.2 Å². The Labute approximate surface area is 171 Å². The molecule has 0 aromatic heterocycles. The molecule has 1 fully saturated rings. The molecule has 5 nitrogen and oxygen atoms in total. The number of carbonyl (C=O) groups is 1. The first-order chi connectivity index (χ1) is 13.9. The zero-order valence-corrected chi connectivity index (χ0v) is 17.1. The largest absolute Gasteiger partial charge is 0.483 e. The van der Waals surface area contributed by atoms with Crippen LogP contribution in [0.15, 0.2) is 36.4 Å². The van der Waals surface area contributed by atoms with Crippen LogP contribution in [0.4, 0.5) is 10.1 Å². The lowest BCUT2D eigenvalue weighted by atomic mass is 10.0. The number of rotatable bonds is 5. The molecule has 0 saturated carbocycles.